The van der Waals surface area contributed by atoms with Gasteiger partial charge in [0.1, 0.15) is 0 Å². The van der Waals surface area contributed by atoms with E-state index in [0.717, 1.165) is 12.0 Å². The molecule has 0 saturated carbocycles. The van der Waals surface area contributed by atoms with Gasteiger partial charge in [-0.15, -0.1) is 0 Å². The lowest BCUT2D eigenvalue weighted by atomic mass is 9.78. The van der Waals surface area contributed by atoms with Crippen LogP contribution in [0.4, 0.5) is 0 Å². The maximum Gasteiger partial charge on any atom is 0.251 e. The Morgan fingerprint density at radius 1 is 1.31 bits per heavy atom. The van der Waals surface area contributed by atoms with Gasteiger partial charge in [-0.3, -0.25) is 9.59 Å². The van der Waals surface area contributed by atoms with Crippen molar-refractivity contribution in [2.75, 3.05) is 19.6 Å². The van der Waals surface area contributed by atoms with E-state index in [1.165, 1.54) is 0 Å². The van der Waals surface area contributed by atoms with Gasteiger partial charge >= 0.3 is 0 Å². The summed E-state index contributed by atoms with van der Waals surface area (Å²) in [4.78, 5) is 26.4. The average Bonchev–Trinajstić information content (AvgIpc) is 2.56. The highest BCUT2D eigenvalue weighted by molar-refractivity contribution is 5.94. The van der Waals surface area contributed by atoms with E-state index in [1.54, 1.807) is 12.1 Å². The molecule has 2 N–H and O–H groups in total. The van der Waals surface area contributed by atoms with Gasteiger partial charge in [-0.2, -0.15) is 0 Å². The summed E-state index contributed by atoms with van der Waals surface area (Å²) in [5, 5.41) is 13.4. The lowest BCUT2D eigenvalue weighted by Crippen LogP contribution is -2.52. The molecular formula is C21H32N2O3. The van der Waals surface area contributed by atoms with E-state index in [0.29, 0.717) is 37.5 Å². The summed E-state index contributed by atoms with van der Waals surface area (Å²) in [6.07, 6.45) is 1.79. The monoisotopic (exact) mass is 360 g/mol. The van der Waals surface area contributed by atoms with Crippen LogP contribution in [0.2, 0.25) is 0 Å². The predicted octanol–water partition coefficient (Wildman–Crippen LogP) is 2.76. The fourth-order valence-electron chi connectivity index (χ4n) is 3.49. The van der Waals surface area contributed by atoms with Gasteiger partial charge in [-0.05, 0) is 44.7 Å². The van der Waals surface area contributed by atoms with Crippen LogP contribution in [0.15, 0.2) is 24.3 Å². The first kappa shape index (κ1) is 20.4. The van der Waals surface area contributed by atoms with E-state index >= 15 is 0 Å². The average molecular weight is 360 g/mol. The summed E-state index contributed by atoms with van der Waals surface area (Å²) in [5.41, 5.74) is 1.00. The molecule has 5 heteroatoms. The SMILES string of the molecule is Cc1ccc(C(=O)NCCC(=O)N2CC[C@](C)(O)[C@H](CC(C)C)C2)cc1. The molecule has 0 unspecified atom stereocenters. The van der Waals surface area contributed by atoms with E-state index in [-0.39, 0.29) is 24.2 Å². The van der Waals surface area contributed by atoms with E-state index in [1.807, 2.05) is 30.9 Å². The summed E-state index contributed by atoms with van der Waals surface area (Å²) in [7, 11) is 0. The molecule has 1 aromatic carbocycles. The second-order valence-electron chi connectivity index (χ2n) is 8.15. The fourth-order valence-corrected chi connectivity index (χ4v) is 3.49. The Balaban J connectivity index is 1.82. The molecule has 2 atom stereocenters. The molecule has 2 amide bonds. The van der Waals surface area contributed by atoms with E-state index < -0.39 is 5.60 Å². The van der Waals surface area contributed by atoms with Crippen molar-refractivity contribution in [1.82, 2.24) is 10.2 Å². The third kappa shape index (κ3) is 5.56. The molecule has 0 radical (unpaired) electrons. The van der Waals surface area contributed by atoms with Gasteiger partial charge < -0.3 is 15.3 Å². The maximum absolute atomic E-state index is 12.5. The van der Waals surface area contributed by atoms with Crippen LogP contribution in [0.1, 0.15) is 56.0 Å². The lowest BCUT2D eigenvalue weighted by Gasteiger charge is -2.43. The van der Waals surface area contributed by atoms with Crippen LogP contribution in [0.5, 0.6) is 0 Å². The van der Waals surface area contributed by atoms with Crippen LogP contribution in [0.25, 0.3) is 0 Å². The topological polar surface area (TPSA) is 69.6 Å². The number of aliphatic hydroxyl groups is 1. The van der Waals surface area contributed by atoms with Crippen LogP contribution in [-0.4, -0.2) is 47.1 Å². The number of carbonyl (C=O) groups is 2. The van der Waals surface area contributed by atoms with Crippen LogP contribution in [0.3, 0.4) is 0 Å². The minimum absolute atomic E-state index is 0.0402. The Bertz CT molecular complexity index is 623. The van der Waals surface area contributed by atoms with Gasteiger partial charge in [0.2, 0.25) is 5.91 Å². The van der Waals surface area contributed by atoms with Crippen molar-refractivity contribution in [2.24, 2.45) is 11.8 Å². The molecule has 1 aliphatic heterocycles. The van der Waals surface area contributed by atoms with Crippen molar-refractivity contribution >= 4 is 11.8 Å². The summed E-state index contributed by atoms with van der Waals surface area (Å²) in [5.74, 6) is 0.466. The van der Waals surface area contributed by atoms with Crippen LogP contribution in [-0.2, 0) is 4.79 Å². The predicted molar refractivity (Wildman–Crippen MR) is 103 cm³/mol. The number of likely N-dealkylation sites (tertiary alicyclic amines) is 1. The van der Waals surface area contributed by atoms with Gasteiger partial charge in [-0.1, -0.05) is 31.5 Å². The van der Waals surface area contributed by atoms with Gasteiger partial charge in [0, 0.05) is 37.5 Å². The molecular weight excluding hydrogens is 328 g/mol. The highest BCUT2D eigenvalue weighted by atomic mass is 16.3. The van der Waals surface area contributed by atoms with Crippen LogP contribution in [0, 0.1) is 18.8 Å². The smallest absolute Gasteiger partial charge is 0.251 e. The second-order valence-corrected chi connectivity index (χ2v) is 8.15. The van der Waals surface area contributed by atoms with Gasteiger partial charge in [0.05, 0.1) is 5.60 Å². The molecule has 1 saturated heterocycles. The Kier molecular flexibility index (Phi) is 6.81. The van der Waals surface area contributed by atoms with Gasteiger partial charge in [-0.25, -0.2) is 0 Å². The Hall–Kier alpha value is -1.88. The minimum atomic E-state index is -0.708. The number of carbonyl (C=O) groups excluding carboxylic acids is 2. The Morgan fingerprint density at radius 3 is 2.58 bits per heavy atom. The fraction of sp³-hybridized carbons (Fsp3) is 0.619. The van der Waals surface area contributed by atoms with Crippen molar-refractivity contribution in [2.45, 2.75) is 52.6 Å². The van der Waals surface area contributed by atoms with Crippen molar-refractivity contribution in [1.29, 1.82) is 0 Å². The standard InChI is InChI=1S/C21H32N2O3/c1-15(2)13-18-14-23(12-10-21(18,4)26)19(24)9-11-22-20(25)17-7-5-16(3)6-8-17/h5-8,15,18,26H,9-14H2,1-4H3,(H,22,25)/t18-,21+/m1/s1. The second kappa shape index (κ2) is 8.67. The number of benzene rings is 1. The Morgan fingerprint density at radius 2 is 1.96 bits per heavy atom. The number of hydrogen-bond donors (Lipinski definition) is 2. The number of piperidine rings is 1. The minimum Gasteiger partial charge on any atom is -0.390 e. The molecule has 1 heterocycles. The molecule has 0 bridgehead atoms. The molecule has 0 spiro atoms. The summed E-state index contributed by atoms with van der Waals surface area (Å²) in [6, 6.07) is 7.37. The first-order chi connectivity index (χ1) is 12.2. The van der Waals surface area contributed by atoms with Gasteiger partial charge in [0.25, 0.3) is 5.91 Å². The molecule has 26 heavy (non-hydrogen) atoms. The number of amides is 2. The normalized spacial score (nSPS) is 23.2. The zero-order chi connectivity index (χ0) is 19.3. The Labute approximate surface area is 156 Å². The molecule has 0 aliphatic carbocycles. The number of rotatable bonds is 6. The van der Waals surface area contributed by atoms with Crippen molar-refractivity contribution in [3.05, 3.63) is 35.4 Å². The first-order valence-electron chi connectivity index (χ1n) is 9.54. The van der Waals surface area contributed by atoms with E-state index in [9.17, 15) is 14.7 Å². The highest BCUT2D eigenvalue weighted by Gasteiger charge is 2.38. The quantitative estimate of drug-likeness (QED) is 0.819. The van der Waals surface area contributed by atoms with Crippen molar-refractivity contribution in [3.63, 3.8) is 0 Å². The molecule has 5 nitrogen and oxygen atoms in total. The van der Waals surface area contributed by atoms with Gasteiger partial charge in [0.15, 0.2) is 0 Å². The number of hydrogen-bond acceptors (Lipinski definition) is 3. The largest absolute Gasteiger partial charge is 0.390 e. The molecule has 1 fully saturated rings. The third-order valence-corrected chi connectivity index (χ3v) is 5.25. The molecule has 1 aromatic rings. The van der Waals surface area contributed by atoms with E-state index in [2.05, 4.69) is 19.2 Å². The lowest BCUT2D eigenvalue weighted by molar-refractivity contribution is -0.139. The summed E-state index contributed by atoms with van der Waals surface area (Å²) in [6.45, 7) is 9.62. The number of aryl methyl sites for hydroxylation is 1. The van der Waals surface area contributed by atoms with E-state index in [4.69, 9.17) is 0 Å². The number of nitrogens with one attached hydrogen (secondary N) is 1. The first-order valence-corrected chi connectivity index (χ1v) is 9.54. The maximum atomic E-state index is 12.5. The van der Waals surface area contributed by atoms with Crippen LogP contribution < -0.4 is 5.32 Å². The third-order valence-electron chi connectivity index (χ3n) is 5.25. The van der Waals surface area contributed by atoms with Crippen molar-refractivity contribution in [3.8, 4) is 0 Å². The zero-order valence-corrected chi connectivity index (χ0v) is 16.4. The summed E-state index contributed by atoms with van der Waals surface area (Å²) < 4.78 is 0. The highest BCUT2D eigenvalue weighted by Crippen LogP contribution is 2.32. The zero-order valence-electron chi connectivity index (χ0n) is 16.4. The van der Waals surface area contributed by atoms with Crippen LogP contribution >= 0.6 is 0 Å². The summed E-state index contributed by atoms with van der Waals surface area (Å²) >= 11 is 0. The molecule has 0 aromatic heterocycles. The molecule has 144 valence electrons. The van der Waals surface area contributed by atoms with Crippen molar-refractivity contribution < 1.29 is 14.7 Å². The molecule has 2 rings (SSSR count). The molecule has 1 aliphatic rings. The number of nitrogens with zero attached hydrogens (tertiary/aromatic N) is 1.